The second-order valence-corrected chi connectivity index (χ2v) is 4.62. The molecule has 0 radical (unpaired) electrons. The van der Waals surface area contributed by atoms with Gasteiger partial charge in [-0.2, -0.15) is 4.98 Å². The Kier molecular flexibility index (Phi) is 3.80. The van der Waals surface area contributed by atoms with E-state index in [4.69, 9.17) is 16.1 Å². The molecule has 1 atom stereocenters. The van der Waals surface area contributed by atoms with Gasteiger partial charge in [-0.15, -0.1) is 11.6 Å². The molecule has 0 spiro atoms. The SMILES string of the molecule is CCC(Cl)c1noc(-c2cc([N+](=O)[O-])ccc2C)n1. The highest BCUT2D eigenvalue weighted by molar-refractivity contribution is 6.20. The maximum atomic E-state index is 10.8. The predicted molar refractivity (Wildman–Crippen MR) is 70.0 cm³/mol. The Morgan fingerprint density at radius 2 is 2.26 bits per heavy atom. The molecule has 1 unspecified atom stereocenters. The maximum Gasteiger partial charge on any atom is 0.270 e. The van der Waals surface area contributed by atoms with Crippen LogP contribution < -0.4 is 0 Å². The van der Waals surface area contributed by atoms with E-state index in [1.54, 1.807) is 6.07 Å². The van der Waals surface area contributed by atoms with E-state index >= 15 is 0 Å². The molecule has 0 saturated heterocycles. The van der Waals surface area contributed by atoms with Crippen LogP contribution in [0.1, 0.15) is 30.1 Å². The molecule has 7 heteroatoms. The molecule has 0 N–H and O–H groups in total. The van der Waals surface area contributed by atoms with E-state index in [0.717, 1.165) is 5.56 Å². The zero-order chi connectivity index (χ0) is 14.0. The van der Waals surface area contributed by atoms with Crippen LogP contribution in [0.25, 0.3) is 11.5 Å². The van der Waals surface area contributed by atoms with E-state index in [2.05, 4.69) is 10.1 Å². The number of nitro benzene ring substituents is 1. The molecule has 0 fully saturated rings. The van der Waals surface area contributed by atoms with Crippen LogP contribution in [-0.4, -0.2) is 15.1 Å². The van der Waals surface area contributed by atoms with Crippen molar-refractivity contribution in [2.45, 2.75) is 25.6 Å². The van der Waals surface area contributed by atoms with Gasteiger partial charge in [0.25, 0.3) is 11.6 Å². The Morgan fingerprint density at radius 1 is 1.53 bits per heavy atom. The summed E-state index contributed by atoms with van der Waals surface area (Å²) in [6.07, 6.45) is 0.675. The van der Waals surface area contributed by atoms with Crippen LogP contribution in [-0.2, 0) is 0 Å². The van der Waals surface area contributed by atoms with Crippen molar-refractivity contribution in [1.82, 2.24) is 10.1 Å². The zero-order valence-corrected chi connectivity index (χ0v) is 11.2. The predicted octanol–water partition coefficient (Wildman–Crippen LogP) is 3.64. The molecule has 2 aromatic rings. The number of halogens is 1. The number of nitrogens with zero attached hydrogens (tertiary/aromatic N) is 3. The van der Waals surface area contributed by atoms with Gasteiger partial charge in [0, 0.05) is 17.7 Å². The third-order valence-corrected chi connectivity index (χ3v) is 3.25. The van der Waals surface area contributed by atoms with Gasteiger partial charge in [0.15, 0.2) is 5.82 Å². The van der Waals surface area contributed by atoms with Crippen LogP contribution in [0.4, 0.5) is 5.69 Å². The Hall–Kier alpha value is -1.95. The Balaban J connectivity index is 2.43. The summed E-state index contributed by atoms with van der Waals surface area (Å²) in [6, 6.07) is 4.50. The quantitative estimate of drug-likeness (QED) is 0.485. The first kappa shape index (κ1) is 13.5. The van der Waals surface area contributed by atoms with Crippen molar-refractivity contribution in [2.24, 2.45) is 0 Å². The number of nitro groups is 1. The summed E-state index contributed by atoms with van der Waals surface area (Å²) in [5, 5.41) is 14.2. The fourth-order valence-corrected chi connectivity index (χ4v) is 1.70. The highest BCUT2D eigenvalue weighted by atomic mass is 35.5. The van der Waals surface area contributed by atoms with Gasteiger partial charge in [-0.3, -0.25) is 10.1 Å². The smallest absolute Gasteiger partial charge is 0.270 e. The summed E-state index contributed by atoms with van der Waals surface area (Å²) in [5.41, 5.74) is 1.36. The summed E-state index contributed by atoms with van der Waals surface area (Å²) in [6.45, 7) is 3.73. The van der Waals surface area contributed by atoms with Gasteiger partial charge in [0.2, 0.25) is 0 Å². The number of hydrogen-bond donors (Lipinski definition) is 0. The van der Waals surface area contributed by atoms with E-state index in [1.165, 1.54) is 12.1 Å². The zero-order valence-electron chi connectivity index (χ0n) is 10.5. The minimum atomic E-state index is -0.462. The monoisotopic (exact) mass is 281 g/mol. The molecule has 0 aliphatic carbocycles. The van der Waals surface area contributed by atoms with Crippen molar-refractivity contribution in [2.75, 3.05) is 0 Å². The first-order valence-electron chi connectivity index (χ1n) is 5.76. The average molecular weight is 282 g/mol. The van der Waals surface area contributed by atoms with Crippen molar-refractivity contribution in [3.63, 3.8) is 0 Å². The highest BCUT2D eigenvalue weighted by Crippen LogP contribution is 2.28. The van der Waals surface area contributed by atoms with Crippen LogP contribution >= 0.6 is 11.6 Å². The van der Waals surface area contributed by atoms with Crippen LogP contribution in [0.5, 0.6) is 0 Å². The number of benzene rings is 1. The fourth-order valence-electron chi connectivity index (χ4n) is 1.61. The first-order valence-corrected chi connectivity index (χ1v) is 6.19. The number of hydrogen-bond acceptors (Lipinski definition) is 5. The molecule has 19 heavy (non-hydrogen) atoms. The lowest BCUT2D eigenvalue weighted by atomic mass is 10.1. The Bertz CT molecular complexity index is 612. The van der Waals surface area contributed by atoms with Crippen molar-refractivity contribution in [3.8, 4) is 11.5 Å². The Labute approximate surface area is 114 Å². The normalized spacial score (nSPS) is 12.4. The largest absolute Gasteiger partial charge is 0.334 e. The second-order valence-electron chi connectivity index (χ2n) is 4.09. The molecular formula is C12H12ClN3O3. The third kappa shape index (κ3) is 2.73. The van der Waals surface area contributed by atoms with E-state index in [0.29, 0.717) is 17.8 Å². The first-order chi connectivity index (χ1) is 9.02. The van der Waals surface area contributed by atoms with Crippen molar-refractivity contribution >= 4 is 17.3 Å². The van der Waals surface area contributed by atoms with E-state index < -0.39 is 4.92 Å². The van der Waals surface area contributed by atoms with E-state index in [1.807, 2.05) is 13.8 Å². The van der Waals surface area contributed by atoms with Gasteiger partial charge in [0.1, 0.15) is 0 Å². The lowest BCUT2D eigenvalue weighted by Gasteiger charge is -2.00. The standard InChI is InChI=1S/C12H12ClN3O3/c1-3-10(13)11-14-12(19-15-11)9-6-8(16(17)18)5-4-7(9)2/h4-6,10H,3H2,1-2H3. The molecule has 0 aliphatic heterocycles. The van der Waals surface area contributed by atoms with Gasteiger partial charge < -0.3 is 4.52 Å². The fraction of sp³-hybridized carbons (Fsp3) is 0.333. The van der Waals surface area contributed by atoms with Crippen molar-refractivity contribution in [1.29, 1.82) is 0 Å². The lowest BCUT2D eigenvalue weighted by molar-refractivity contribution is -0.384. The number of aromatic nitrogens is 2. The maximum absolute atomic E-state index is 10.8. The summed E-state index contributed by atoms with van der Waals surface area (Å²) in [5.74, 6) is 0.639. The second kappa shape index (κ2) is 5.36. The summed E-state index contributed by atoms with van der Waals surface area (Å²) < 4.78 is 5.12. The van der Waals surface area contributed by atoms with Crippen LogP contribution in [0.2, 0.25) is 0 Å². The summed E-state index contributed by atoms with van der Waals surface area (Å²) in [4.78, 5) is 14.5. The van der Waals surface area contributed by atoms with Gasteiger partial charge in [-0.05, 0) is 18.9 Å². The number of aryl methyl sites for hydroxylation is 1. The van der Waals surface area contributed by atoms with Gasteiger partial charge in [-0.1, -0.05) is 18.1 Å². The minimum Gasteiger partial charge on any atom is -0.334 e. The molecule has 1 aromatic carbocycles. The number of rotatable bonds is 4. The summed E-state index contributed by atoms with van der Waals surface area (Å²) >= 11 is 6.02. The minimum absolute atomic E-state index is 0.0155. The van der Waals surface area contributed by atoms with E-state index in [9.17, 15) is 10.1 Å². The molecule has 100 valence electrons. The number of non-ortho nitro benzene ring substituents is 1. The number of alkyl halides is 1. The molecule has 2 rings (SSSR count). The lowest BCUT2D eigenvalue weighted by Crippen LogP contribution is -1.92. The van der Waals surface area contributed by atoms with Crippen LogP contribution in [0, 0.1) is 17.0 Å². The molecule has 0 aliphatic rings. The molecule has 6 nitrogen and oxygen atoms in total. The molecule has 1 heterocycles. The third-order valence-electron chi connectivity index (χ3n) is 2.74. The molecule has 0 saturated carbocycles. The topological polar surface area (TPSA) is 82.1 Å². The van der Waals surface area contributed by atoms with Crippen LogP contribution in [0.3, 0.4) is 0 Å². The molecule has 0 bridgehead atoms. The average Bonchev–Trinajstić information content (AvgIpc) is 2.87. The van der Waals surface area contributed by atoms with Gasteiger partial charge >= 0.3 is 0 Å². The van der Waals surface area contributed by atoms with Crippen molar-refractivity contribution < 1.29 is 9.45 Å². The highest BCUT2D eigenvalue weighted by Gasteiger charge is 2.18. The van der Waals surface area contributed by atoms with Crippen molar-refractivity contribution in [3.05, 3.63) is 39.7 Å². The molecular weight excluding hydrogens is 270 g/mol. The van der Waals surface area contributed by atoms with E-state index in [-0.39, 0.29) is 17.0 Å². The molecule has 0 amide bonds. The Morgan fingerprint density at radius 3 is 2.89 bits per heavy atom. The molecule has 1 aromatic heterocycles. The van der Waals surface area contributed by atoms with Crippen LogP contribution in [0.15, 0.2) is 22.7 Å². The summed E-state index contributed by atoms with van der Waals surface area (Å²) in [7, 11) is 0. The van der Waals surface area contributed by atoms with Gasteiger partial charge in [-0.25, -0.2) is 0 Å². The van der Waals surface area contributed by atoms with Gasteiger partial charge in [0.05, 0.1) is 10.3 Å².